The van der Waals surface area contributed by atoms with E-state index >= 15 is 0 Å². The molecule has 0 bridgehead atoms. The molecule has 3 amide bonds. The molecular formula is C18H26N4O2. The molecule has 1 unspecified atom stereocenters. The van der Waals surface area contributed by atoms with Crippen LogP contribution in [0.1, 0.15) is 18.4 Å². The highest BCUT2D eigenvalue weighted by Gasteiger charge is 2.37. The van der Waals surface area contributed by atoms with Crippen LogP contribution in [0.3, 0.4) is 0 Å². The van der Waals surface area contributed by atoms with Gasteiger partial charge < -0.3 is 11.1 Å². The van der Waals surface area contributed by atoms with Crippen molar-refractivity contribution < 1.29 is 9.59 Å². The maximum Gasteiger partial charge on any atom is 0.321 e. The van der Waals surface area contributed by atoms with Gasteiger partial charge in [-0.05, 0) is 24.9 Å². The van der Waals surface area contributed by atoms with Crippen LogP contribution in [0.2, 0.25) is 0 Å². The summed E-state index contributed by atoms with van der Waals surface area (Å²) in [4.78, 5) is 26.0. The molecule has 130 valence electrons. The van der Waals surface area contributed by atoms with E-state index in [0.717, 1.165) is 13.1 Å². The second kappa shape index (κ2) is 8.61. The summed E-state index contributed by atoms with van der Waals surface area (Å²) in [5.74, 6) is 0.305. The summed E-state index contributed by atoms with van der Waals surface area (Å²) in [6.45, 7) is 7.74. The first-order chi connectivity index (χ1) is 11.6. The fraction of sp³-hybridized carbons (Fsp3) is 0.444. The maximum absolute atomic E-state index is 12.3. The summed E-state index contributed by atoms with van der Waals surface area (Å²) >= 11 is 0. The predicted octanol–water partition coefficient (Wildman–Crippen LogP) is 1.06. The molecule has 2 rings (SSSR count). The van der Waals surface area contributed by atoms with Crippen molar-refractivity contribution in [2.75, 3.05) is 26.2 Å². The molecule has 0 aliphatic carbocycles. The van der Waals surface area contributed by atoms with Crippen molar-refractivity contribution in [3.05, 3.63) is 48.6 Å². The average Bonchev–Trinajstić information content (AvgIpc) is 3.04. The lowest BCUT2D eigenvalue weighted by molar-refractivity contribution is -0.124. The predicted molar refractivity (Wildman–Crippen MR) is 94.5 cm³/mol. The second-order valence-corrected chi connectivity index (χ2v) is 6.13. The summed E-state index contributed by atoms with van der Waals surface area (Å²) in [6, 6.07) is 9.35. The summed E-state index contributed by atoms with van der Waals surface area (Å²) in [7, 11) is 0. The molecule has 0 saturated carbocycles. The molecule has 1 saturated heterocycles. The number of carbonyl (C=O) groups excluding carboxylic acids is 2. The number of nitrogens with two attached hydrogens (primary N) is 1. The molecule has 0 radical (unpaired) electrons. The van der Waals surface area contributed by atoms with E-state index in [0.29, 0.717) is 24.9 Å². The number of carbonyl (C=O) groups is 2. The number of amides is 3. The van der Waals surface area contributed by atoms with Crippen LogP contribution in [0, 0.1) is 5.92 Å². The van der Waals surface area contributed by atoms with Crippen LogP contribution < -0.4 is 16.4 Å². The number of imide groups is 1. The number of hydrogen-bond donors (Lipinski definition) is 3. The third-order valence-corrected chi connectivity index (χ3v) is 4.57. The number of urea groups is 1. The number of rotatable bonds is 6. The van der Waals surface area contributed by atoms with Gasteiger partial charge in [0.15, 0.2) is 0 Å². The second-order valence-electron chi connectivity index (χ2n) is 6.13. The highest BCUT2D eigenvalue weighted by Crippen LogP contribution is 2.32. The van der Waals surface area contributed by atoms with Gasteiger partial charge >= 0.3 is 6.03 Å². The number of nitrogens with zero attached hydrogens (tertiary/aromatic N) is 1. The van der Waals surface area contributed by atoms with E-state index in [9.17, 15) is 9.59 Å². The van der Waals surface area contributed by atoms with Crippen LogP contribution >= 0.6 is 0 Å². The number of nitrogens with one attached hydrogen (secondary N) is 2. The summed E-state index contributed by atoms with van der Waals surface area (Å²) < 4.78 is 0. The van der Waals surface area contributed by atoms with E-state index in [1.165, 1.54) is 5.56 Å². The SMILES string of the molecule is C=CCNC(=O)NC(=O)C(C)N1C[C@@H](CN)[C@H](c2ccccc2)C1. The molecule has 24 heavy (non-hydrogen) atoms. The minimum Gasteiger partial charge on any atom is -0.334 e. The lowest BCUT2D eigenvalue weighted by atomic mass is 9.89. The van der Waals surface area contributed by atoms with Gasteiger partial charge in [-0.25, -0.2) is 4.79 Å². The Morgan fingerprint density at radius 3 is 2.71 bits per heavy atom. The first kappa shape index (κ1) is 18.2. The van der Waals surface area contributed by atoms with Gasteiger partial charge in [-0.1, -0.05) is 36.4 Å². The minimum atomic E-state index is -0.499. The summed E-state index contributed by atoms with van der Waals surface area (Å²) in [6.07, 6.45) is 1.56. The zero-order valence-corrected chi connectivity index (χ0v) is 14.1. The molecule has 1 aliphatic rings. The van der Waals surface area contributed by atoms with Crippen molar-refractivity contribution in [1.29, 1.82) is 0 Å². The van der Waals surface area contributed by atoms with Crippen LogP contribution in [-0.2, 0) is 4.79 Å². The molecule has 4 N–H and O–H groups in total. The van der Waals surface area contributed by atoms with Crippen molar-refractivity contribution >= 4 is 11.9 Å². The Bertz CT molecular complexity index is 576. The van der Waals surface area contributed by atoms with Gasteiger partial charge in [-0.3, -0.25) is 15.0 Å². The van der Waals surface area contributed by atoms with E-state index in [1.807, 2.05) is 25.1 Å². The minimum absolute atomic E-state index is 0.303. The average molecular weight is 330 g/mol. The molecule has 1 fully saturated rings. The van der Waals surface area contributed by atoms with Gasteiger partial charge in [-0.2, -0.15) is 0 Å². The fourth-order valence-electron chi connectivity index (χ4n) is 3.13. The van der Waals surface area contributed by atoms with Crippen LogP contribution in [0.4, 0.5) is 4.79 Å². The molecule has 3 atom stereocenters. The highest BCUT2D eigenvalue weighted by molar-refractivity contribution is 5.96. The molecule has 0 spiro atoms. The monoisotopic (exact) mass is 330 g/mol. The van der Waals surface area contributed by atoms with Crippen LogP contribution in [0.25, 0.3) is 0 Å². The molecule has 1 aromatic carbocycles. The van der Waals surface area contributed by atoms with E-state index < -0.39 is 6.03 Å². The third-order valence-electron chi connectivity index (χ3n) is 4.57. The van der Waals surface area contributed by atoms with E-state index in [-0.39, 0.29) is 11.9 Å². The normalized spacial score (nSPS) is 21.9. The lowest BCUT2D eigenvalue weighted by Crippen LogP contribution is -2.49. The summed E-state index contributed by atoms with van der Waals surface area (Å²) in [5, 5.41) is 4.90. The van der Waals surface area contributed by atoms with Crippen molar-refractivity contribution in [1.82, 2.24) is 15.5 Å². The standard InChI is InChI=1S/C18H26N4O2/c1-3-9-20-18(24)21-17(23)13(2)22-11-15(10-19)16(12-22)14-7-5-4-6-8-14/h3-8,13,15-16H,1,9-12,19H2,2H3,(H2,20,21,23,24)/t13?,15-,16+/m1/s1. The van der Waals surface area contributed by atoms with E-state index in [1.54, 1.807) is 6.08 Å². The Morgan fingerprint density at radius 1 is 1.38 bits per heavy atom. The quantitative estimate of drug-likeness (QED) is 0.681. The molecule has 0 aromatic heterocycles. The topological polar surface area (TPSA) is 87.5 Å². The molecule has 6 heteroatoms. The molecule has 1 aliphatic heterocycles. The third kappa shape index (κ3) is 4.43. The zero-order chi connectivity index (χ0) is 17.5. The zero-order valence-electron chi connectivity index (χ0n) is 14.1. The van der Waals surface area contributed by atoms with Crippen LogP contribution in [0.5, 0.6) is 0 Å². The smallest absolute Gasteiger partial charge is 0.321 e. The maximum atomic E-state index is 12.3. The van der Waals surface area contributed by atoms with Gasteiger partial charge in [0, 0.05) is 25.6 Å². The molecule has 1 aromatic rings. The van der Waals surface area contributed by atoms with Crippen molar-refractivity contribution in [3.63, 3.8) is 0 Å². The van der Waals surface area contributed by atoms with Crippen molar-refractivity contribution in [2.24, 2.45) is 11.7 Å². The van der Waals surface area contributed by atoms with Crippen LogP contribution in [-0.4, -0.2) is 49.1 Å². The Balaban J connectivity index is 1.98. The van der Waals surface area contributed by atoms with Gasteiger partial charge in [0.1, 0.15) is 0 Å². The Morgan fingerprint density at radius 2 is 2.08 bits per heavy atom. The molecule has 1 heterocycles. The van der Waals surface area contributed by atoms with Gasteiger partial charge in [0.05, 0.1) is 6.04 Å². The molecule has 6 nitrogen and oxygen atoms in total. The van der Waals surface area contributed by atoms with E-state index in [2.05, 4.69) is 34.2 Å². The van der Waals surface area contributed by atoms with E-state index in [4.69, 9.17) is 5.73 Å². The highest BCUT2D eigenvalue weighted by atomic mass is 16.2. The largest absolute Gasteiger partial charge is 0.334 e. The lowest BCUT2D eigenvalue weighted by Gasteiger charge is -2.23. The number of likely N-dealkylation sites (tertiary alicyclic amines) is 1. The van der Waals surface area contributed by atoms with Gasteiger partial charge in [0.25, 0.3) is 0 Å². The molecular weight excluding hydrogens is 304 g/mol. The fourth-order valence-corrected chi connectivity index (χ4v) is 3.13. The first-order valence-electron chi connectivity index (χ1n) is 8.25. The first-order valence-corrected chi connectivity index (χ1v) is 8.25. The number of hydrogen-bond acceptors (Lipinski definition) is 4. The number of benzene rings is 1. The van der Waals surface area contributed by atoms with Crippen LogP contribution in [0.15, 0.2) is 43.0 Å². The van der Waals surface area contributed by atoms with Crippen molar-refractivity contribution in [2.45, 2.75) is 18.9 Å². The van der Waals surface area contributed by atoms with Crippen molar-refractivity contribution in [3.8, 4) is 0 Å². The van der Waals surface area contributed by atoms with Gasteiger partial charge in [0.2, 0.25) is 5.91 Å². The Kier molecular flexibility index (Phi) is 6.52. The summed E-state index contributed by atoms with van der Waals surface area (Å²) in [5.41, 5.74) is 7.18. The Labute approximate surface area is 143 Å². The van der Waals surface area contributed by atoms with Gasteiger partial charge in [-0.15, -0.1) is 6.58 Å². The Hall–Kier alpha value is -2.18.